The van der Waals surface area contributed by atoms with Crippen LogP contribution in [0.3, 0.4) is 0 Å². The van der Waals surface area contributed by atoms with E-state index in [4.69, 9.17) is 14.0 Å². The topological polar surface area (TPSA) is 98.9 Å². The molecular weight excluding hydrogens is 328 g/mol. The molecule has 0 atom stereocenters. The van der Waals surface area contributed by atoms with Crippen LogP contribution in [-0.4, -0.2) is 54.2 Å². The lowest BCUT2D eigenvalue weighted by Gasteiger charge is -2.30. The molecule has 1 aromatic rings. The summed E-state index contributed by atoms with van der Waals surface area (Å²) in [5.74, 6) is -0.882. The molecule has 1 aliphatic heterocycles. The molecule has 0 unspecified atom stereocenters. The normalized spacial score (nSPS) is 15.1. The lowest BCUT2D eigenvalue weighted by atomic mass is 9.97. The Hall–Kier alpha value is -2.38. The molecule has 2 heterocycles. The van der Waals surface area contributed by atoms with Gasteiger partial charge in [0.05, 0.1) is 18.2 Å². The Labute approximate surface area is 146 Å². The predicted octanol–water partition coefficient (Wildman–Crippen LogP) is 1.50. The number of ether oxygens (including phenoxy) is 2. The van der Waals surface area contributed by atoms with E-state index >= 15 is 0 Å². The van der Waals surface area contributed by atoms with Gasteiger partial charge >= 0.3 is 11.9 Å². The van der Waals surface area contributed by atoms with Gasteiger partial charge in [-0.1, -0.05) is 12.1 Å². The molecule has 1 saturated heterocycles. The Morgan fingerprint density at radius 2 is 1.88 bits per heavy atom. The summed E-state index contributed by atoms with van der Waals surface area (Å²) in [7, 11) is 0. The molecule has 0 N–H and O–H groups in total. The molecule has 1 fully saturated rings. The van der Waals surface area contributed by atoms with Gasteiger partial charge in [0.1, 0.15) is 11.3 Å². The summed E-state index contributed by atoms with van der Waals surface area (Å²) in [5.41, 5.74) is 0.807. The molecular formula is C17H24N2O6. The third-order valence-electron chi connectivity index (χ3n) is 4.27. The quantitative estimate of drug-likeness (QED) is 0.715. The van der Waals surface area contributed by atoms with E-state index < -0.39 is 5.97 Å². The second-order valence-electron chi connectivity index (χ2n) is 5.90. The Balaban J connectivity index is 1.82. The average molecular weight is 352 g/mol. The third-order valence-corrected chi connectivity index (χ3v) is 4.27. The van der Waals surface area contributed by atoms with E-state index in [1.165, 1.54) is 0 Å². The smallest absolute Gasteiger partial charge is 0.344 e. The van der Waals surface area contributed by atoms with Crippen LogP contribution in [0.2, 0.25) is 0 Å². The zero-order valence-corrected chi connectivity index (χ0v) is 14.9. The number of esters is 2. The summed E-state index contributed by atoms with van der Waals surface area (Å²) in [4.78, 5) is 37.7. The predicted molar refractivity (Wildman–Crippen MR) is 86.8 cm³/mol. The van der Waals surface area contributed by atoms with E-state index in [-0.39, 0.29) is 30.0 Å². The van der Waals surface area contributed by atoms with Crippen LogP contribution in [-0.2, 0) is 25.5 Å². The summed E-state index contributed by atoms with van der Waals surface area (Å²) < 4.78 is 15.1. The summed E-state index contributed by atoms with van der Waals surface area (Å²) in [6.45, 7) is 6.18. The number of likely N-dealkylation sites (tertiary alicyclic amines) is 1. The van der Waals surface area contributed by atoms with E-state index in [1.807, 2.05) is 6.92 Å². The van der Waals surface area contributed by atoms with Crippen molar-refractivity contribution < 1.29 is 28.4 Å². The number of carbonyl (C=O) groups is 3. The van der Waals surface area contributed by atoms with Gasteiger partial charge in [-0.25, -0.2) is 4.79 Å². The number of piperidine rings is 1. The van der Waals surface area contributed by atoms with Crippen molar-refractivity contribution in [3.63, 3.8) is 0 Å². The highest BCUT2D eigenvalue weighted by atomic mass is 16.5. The SMILES string of the molecule is CCOC(=O)C1CCN(C(=O)COC(=O)c2c(CC)noc2C)CC1. The average Bonchev–Trinajstić information content (AvgIpc) is 3.00. The van der Waals surface area contributed by atoms with Gasteiger partial charge in [-0.15, -0.1) is 0 Å². The highest BCUT2D eigenvalue weighted by Crippen LogP contribution is 2.19. The molecule has 25 heavy (non-hydrogen) atoms. The first-order valence-electron chi connectivity index (χ1n) is 8.54. The molecule has 8 heteroatoms. The molecule has 0 aromatic carbocycles. The first kappa shape index (κ1) is 19.0. The van der Waals surface area contributed by atoms with Crippen molar-refractivity contribution in [2.75, 3.05) is 26.3 Å². The van der Waals surface area contributed by atoms with Crippen LogP contribution in [0.1, 0.15) is 48.5 Å². The maximum atomic E-state index is 12.2. The van der Waals surface area contributed by atoms with Crippen molar-refractivity contribution in [1.82, 2.24) is 10.1 Å². The van der Waals surface area contributed by atoms with Gasteiger partial charge in [-0.05, 0) is 33.1 Å². The number of hydrogen-bond acceptors (Lipinski definition) is 7. The number of aryl methyl sites for hydroxylation is 2. The molecule has 0 spiro atoms. The van der Waals surface area contributed by atoms with Crippen molar-refractivity contribution in [3.8, 4) is 0 Å². The summed E-state index contributed by atoms with van der Waals surface area (Å²) >= 11 is 0. The standard InChI is InChI=1S/C17H24N2O6/c1-4-13-15(11(3)25-18-13)17(22)24-10-14(20)19-8-6-12(7-9-19)16(21)23-5-2/h12H,4-10H2,1-3H3. The highest BCUT2D eigenvalue weighted by Gasteiger charge is 2.29. The molecule has 2 rings (SSSR count). The van der Waals surface area contributed by atoms with Gasteiger partial charge < -0.3 is 18.9 Å². The fourth-order valence-corrected chi connectivity index (χ4v) is 2.84. The van der Waals surface area contributed by atoms with Gasteiger partial charge in [0.25, 0.3) is 5.91 Å². The first-order chi connectivity index (χ1) is 12.0. The summed E-state index contributed by atoms with van der Waals surface area (Å²) in [6, 6.07) is 0. The minimum absolute atomic E-state index is 0.168. The van der Waals surface area contributed by atoms with Crippen molar-refractivity contribution in [2.45, 2.75) is 40.0 Å². The zero-order chi connectivity index (χ0) is 18.4. The molecule has 8 nitrogen and oxygen atoms in total. The molecule has 0 radical (unpaired) electrons. The van der Waals surface area contributed by atoms with Crippen LogP contribution in [0.15, 0.2) is 4.52 Å². The van der Waals surface area contributed by atoms with Gasteiger partial charge in [0.15, 0.2) is 6.61 Å². The number of nitrogens with zero attached hydrogens (tertiary/aromatic N) is 2. The Kier molecular flexibility index (Phi) is 6.55. The van der Waals surface area contributed by atoms with Crippen molar-refractivity contribution in [3.05, 3.63) is 17.0 Å². The highest BCUT2D eigenvalue weighted by molar-refractivity contribution is 5.93. The lowest BCUT2D eigenvalue weighted by molar-refractivity contribution is -0.151. The number of aromatic nitrogens is 1. The van der Waals surface area contributed by atoms with Gasteiger partial charge in [-0.2, -0.15) is 0 Å². The van der Waals surface area contributed by atoms with Crippen molar-refractivity contribution in [2.24, 2.45) is 5.92 Å². The van der Waals surface area contributed by atoms with Crippen molar-refractivity contribution in [1.29, 1.82) is 0 Å². The summed E-state index contributed by atoms with van der Waals surface area (Å²) in [6.07, 6.45) is 1.66. The fraction of sp³-hybridized carbons (Fsp3) is 0.647. The van der Waals surface area contributed by atoms with E-state index in [0.29, 0.717) is 50.4 Å². The van der Waals surface area contributed by atoms with Crippen LogP contribution < -0.4 is 0 Å². The lowest BCUT2D eigenvalue weighted by Crippen LogP contribution is -2.42. The zero-order valence-electron chi connectivity index (χ0n) is 14.9. The number of hydrogen-bond donors (Lipinski definition) is 0. The van der Waals surface area contributed by atoms with Gasteiger partial charge in [0, 0.05) is 13.1 Å². The van der Waals surface area contributed by atoms with Crippen LogP contribution in [0.5, 0.6) is 0 Å². The summed E-state index contributed by atoms with van der Waals surface area (Å²) in [5, 5.41) is 3.80. The maximum absolute atomic E-state index is 12.2. The molecule has 0 aliphatic carbocycles. The van der Waals surface area contributed by atoms with Crippen molar-refractivity contribution >= 4 is 17.8 Å². The van der Waals surface area contributed by atoms with Crippen LogP contribution >= 0.6 is 0 Å². The molecule has 1 amide bonds. The second-order valence-corrected chi connectivity index (χ2v) is 5.90. The van der Waals surface area contributed by atoms with E-state index in [2.05, 4.69) is 5.16 Å². The van der Waals surface area contributed by atoms with Gasteiger partial charge in [0.2, 0.25) is 0 Å². The Bertz CT molecular complexity index is 631. The number of rotatable bonds is 6. The van der Waals surface area contributed by atoms with Crippen LogP contribution in [0.4, 0.5) is 0 Å². The van der Waals surface area contributed by atoms with E-state index in [9.17, 15) is 14.4 Å². The first-order valence-corrected chi connectivity index (χ1v) is 8.54. The maximum Gasteiger partial charge on any atom is 0.344 e. The monoisotopic (exact) mass is 352 g/mol. The second kappa shape index (κ2) is 8.64. The molecule has 1 aromatic heterocycles. The molecule has 0 saturated carbocycles. The Morgan fingerprint density at radius 3 is 2.48 bits per heavy atom. The van der Waals surface area contributed by atoms with E-state index in [1.54, 1.807) is 18.7 Å². The third kappa shape index (κ3) is 4.58. The van der Waals surface area contributed by atoms with Crippen LogP contribution in [0.25, 0.3) is 0 Å². The van der Waals surface area contributed by atoms with E-state index in [0.717, 1.165) is 0 Å². The molecule has 0 bridgehead atoms. The largest absolute Gasteiger partial charge is 0.466 e. The number of carbonyl (C=O) groups excluding carboxylic acids is 3. The molecule has 138 valence electrons. The van der Waals surface area contributed by atoms with Crippen LogP contribution in [0, 0.1) is 12.8 Å². The molecule has 1 aliphatic rings. The fourth-order valence-electron chi connectivity index (χ4n) is 2.84. The van der Waals surface area contributed by atoms with Gasteiger partial charge in [-0.3, -0.25) is 9.59 Å². The minimum atomic E-state index is -0.606. The number of amides is 1. The Morgan fingerprint density at radius 1 is 1.20 bits per heavy atom. The minimum Gasteiger partial charge on any atom is -0.466 e.